The van der Waals surface area contributed by atoms with Crippen molar-refractivity contribution < 1.29 is 28.6 Å². The molecule has 1 N–H and O–H groups in total. The minimum absolute atomic E-state index is 0.0883. The SMILES string of the molecule is COc1ccc(/C(O)=C2\C(=O)C(=O)N(c3cccc(F)c3)C2c2ccc(OC)cc2)cc1. The van der Waals surface area contributed by atoms with E-state index < -0.39 is 23.5 Å². The number of methoxy groups -OCH3 is 2. The normalized spacial score (nSPS) is 17.5. The molecule has 1 saturated heterocycles. The highest BCUT2D eigenvalue weighted by molar-refractivity contribution is 6.51. The Labute approximate surface area is 184 Å². The first-order chi connectivity index (χ1) is 15.4. The van der Waals surface area contributed by atoms with Crippen LogP contribution in [0.1, 0.15) is 17.2 Å². The summed E-state index contributed by atoms with van der Waals surface area (Å²) >= 11 is 0. The lowest BCUT2D eigenvalue weighted by atomic mass is 9.95. The zero-order chi connectivity index (χ0) is 22.8. The largest absolute Gasteiger partial charge is 0.507 e. The Kier molecular flexibility index (Phi) is 5.64. The van der Waals surface area contributed by atoms with E-state index in [1.54, 1.807) is 48.5 Å². The maximum Gasteiger partial charge on any atom is 0.300 e. The molecule has 0 spiro atoms. The quantitative estimate of drug-likeness (QED) is 0.365. The van der Waals surface area contributed by atoms with Gasteiger partial charge in [0.2, 0.25) is 0 Å². The fourth-order valence-electron chi connectivity index (χ4n) is 3.73. The molecule has 7 heteroatoms. The number of anilines is 1. The molecule has 1 heterocycles. The van der Waals surface area contributed by atoms with Crippen molar-refractivity contribution in [3.05, 3.63) is 95.3 Å². The molecule has 4 rings (SSSR count). The van der Waals surface area contributed by atoms with E-state index in [1.165, 1.54) is 43.4 Å². The van der Waals surface area contributed by atoms with Gasteiger partial charge in [0.1, 0.15) is 23.1 Å². The zero-order valence-corrected chi connectivity index (χ0v) is 17.4. The summed E-state index contributed by atoms with van der Waals surface area (Å²) in [7, 11) is 3.04. The van der Waals surface area contributed by atoms with Gasteiger partial charge in [-0.3, -0.25) is 14.5 Å². The number of ketones is 1. The highest BCUT2D eigenvalue weighted by Crippen LogP contribution is 2.42. The number of aliphatic hydroxyl groups excluding tert-OH is 1. The van der Waals surface area contributed by atoms with Crippen molar-refractivity contribution in [2.24, 2.45) is 0 Å². The van der Waals surface area contributed by atoms with E-state index >= 15 is 0 Å². The van der Waals surface area contributed by atoms with Crippen molar-refractivity contribution in [2.75, 3.05) is 19.1 Å². The van der Waals surface area contributed by atoms with Crippen LogP contribution in [0.5, 0.6) is 11.5 Å². The molecule has 6 nitrogen and oxygen atoms in total. The summed E-state index contributed by atoms with van der Waals surface area (Å²) in [6, 6.07) is 17.7. The first-order valence-corrected chi connectivity index (χ1v) is 9.79. The van der Waals surface area contributed by atoms with Gasteiger partial charge in [-0.15, -0.1) is 0 Å². The van der Waals surface area contributed by atoms with Gasteiger partial charge in [-0.05, 0) is 60.2 Å². The van der Waals surface area contributed by atoms with Gasteiger partial charge in [0.25, 0.3) is 11.7 Å². The van der Waals surface area contributed by atoms with Gasteiger partial charge in [0.05, 0.1) is 25.8 Å². The molecular formula is C25H20FNO5. The Morgan fingerprint density at radius 3 is 2.06 bits per heavy atom. The van der Waals surface area contributed by atoms with E-state index in [0.29, 0.717) is 22.6 Å². The van der Waals surface area contributed by atoms with Crippen LogP contribution < -0.4 is 14.4 Å². The topological polar surface area (TPSA) is 76.1 Å². The molecule has 0 saturated carbocycles. The fraction of sp³-hybridized carbons (Fsp3) is 0.120. The second-order valence-corrected chi connectivity index (χ2v) is 7.15. The molecule has 0 aromatic heterocycles. The third kappa shape index (κ3) is 3.69. The van der Waals surface area contributed by atoms with Gasteiger partial charge in [-0.1, -0.05) is 18.2 Å². The Balaban J connectivity index is 1.91. The molecule has 0 radical (unpaired) electrons. The third-order valence-corrected chi connectivity index (χ3v) is 5.33. The number of carbonyl (C=O) groups is 2. The second-order valence-electron chi connectivity index (χ2n) is 7.15. The van der Waals surface area contributed by atoms with Crippen LogP contribution in [0.15, 0.2) is 78.4 Å². The van der Waals surface area contributed by atoms with Gasteiger partial charge in [-0.25, -0.2) is 4.39 Å². The molecule has 3 aromatic carbocycles. The van der Waals surface area contributed by atoms with Gasteiger partial charge >= 0.3 is 0 Å². The van der Waals surface area contributed by atoms with Crippen molar-refractivity contribution in [2.45, 2.75) is 6.04 Å². The van der Waals surface area contributed by atoms with E-state index in [-0.39, 0.29) is 17.0 Å². The molecule has 162 valence electrons. The lowest BCUT2D eigenvalue weighted by Gasteiger charge is -2.25. The average Bonchev–Trinajstić information content (AvgIpc) is 3.09. The Morgan fingerprint density at radius 1 is 0.906 bits per heavy atom. The summed E-state index contributed by atoms with van der Waals surface area (Å²) in [5, 5.41) is 11.1. The van der Waals surface area contributed by atoms with Gasteiger partial charge in [0, 0.05) is 11.3 Å². The first-order valence-electron chi connectivity index (χ1n) is 9.79. The summed E-state index contributed by atoms with van der Waals surface area (Å²) in [5.74, 6) is -1.42. The van der Waals surface area contributed by atoms with Gasteiger partial charge in [-0.2, -0.15) is 0 Å². The van der Waals surface area contributed by atoms with Crippen LogP contribution in [0, 0.1) is 5.82 Å². The van der Waals surface area contributed by atoms with E-state index in [4.69, 9.17) is 9.47 Å². The van der Waals surface area contributed by atoms with Crippen molar-refractivity contribution in [3.8, 4) is 11.5 Å². The molecule has 1 atom stereocenters. The smallest absolute Gasteiger partial charge is 0.300 e. The summed E-state index contributed by atoms with van der Waals surface area (Å²) < 4.78 is 24.3. The average molecular weight is 433 g/mol. The third-order valence-electron chi connectivity index (χ3n) is 5.33. The molecule has 1 aliphatic rings. The maximum atomic E-state index is 14.0. The van der Waals surface area contributed by atoms with E-state index in [9.17, 15) is 19.1 Å². The summed E-state index contributed by atoms with van der Waals surface area (Å²) in [5.41, 5.74) is 1.03. The lowest BCUT2D eigenvalue weighted by Crippen LogP contribution is -2.29. The molecule has 1 unspecified atom stereocenters. The predicted octanol–water partition coefficient (Wildman–Crippen LogP) is 4.47. The monoisotopic (exact) mass is 433 g/mol. The number of hydrogen-bond acceptors (Lipinski definition) is 5. The Morgan fingerprint density at radius 2 is 1.50 bits per heavy atom. The molecule has 0 aliphatic carbocycles. The standard InChI is InChI=1S/C25H20FNO5/c1-31-19-10-6-15(7-11-19)22-21(23(28)16-8-12-20(32-2)13-9-16)24(29)25(30)27(22)18-5-3-4-17(26)14-18/h3-14,22,28H,1-2H3/b23-21+. The number of carbonyl (C=O) groups excluding carboxylic acids is 2. The number of amides is 1. The summed E-state index contributed by atoms with van der Waals surface area (Å²) in [6.45, 7) is 0. The number of ether oxygens (including phenoxy) is 2. The maximum absolute atomic E-state index is 14.0. The number of rotatable bonds is 5. The second kappa shape index (κ2) is 8.55. The van der Waals surface area contributed by atoms with E-state index in [2.05, 4.69) is 0 Å². The Bertz CT molecular complexity index is 1200. The highest BCUT2D eigenvalue weighted by Gasteiger charge is 2.47. The predicted molar refractivity (Wildman–Crippen MR) is 117 cm³/mol. The van der Waals surface area contributed by atoms with Crippen LogP contribution in [-0.4, -0.2) is 31.0 Å². The molecule has 1 aliphatic heterocycles. The van der Waals surface area contributed by atoms with Crippen molar-refractivity contribution >= 4 is 23.1 Å². The minimum Gasteiger partial charge on any atom is -0.507 e. The number of aliphatic hydroxyl groups is 1. The summed E-state index contributed by atoms with van der Waals surface area (Å²) in [6.07, 6.45) is 0. The number of halogens is 1. The minimum atomic E-state index is -0.954. The molecule has 0 bridgehead atoms. The summed E-state index contributed by atoms with van der Waals surface area (Å²) in [4.78, 5) is 27.3. The fourth-order valence-corrected chi connectivity index (χ4v) is 3.73. The number of Topliss-reactive ketones (excluding diaryl/α,β-unsaturated/α-hetero) is 1. The van der Waals surface area contributed by atoms with Gasteiger partial charge in [0.15, 0.2) is 0 Å². The number of hydrogen-bond donors (Lipinski definition) is 1. The highest BCUT2D eigenvalue weighted by atomic mass is 19.1. The van der Waals surface area contributed by atoms with Crippen LogP contribution in [0.3, 0.4) is 0 Å². The molecule has 3 aromatic rings. The van der Waals surface area contributed by atoms with E-state index in [0.717, 1.165) is 0 Å². The number of nitrogens with zero attached hydrogens (tertiary/aromatic N) is 1. The van der Waals surface area contributed by atoms with Crippen LogP contribution >= 0.6 is 0 Å². The van der Waals surface area contributed by atoms with Crippen LogP contribution in [0.25, 0.3) is 5.76 Å². The van der Waals surface area contributed by atoms with Gasteiger partial charge < -0.3 is 14.6 Å². The molecular weight excluding hydrogens is 413 g/mol. The first kappa shape index (κ1) is 21.1. The zero-order valence-electron chi connectivity index (χ0n) is 17.4. The van der Waals surface area contributed by atoms with Crippen molar-refractivity contribution in [1.82, 2.24) is 0 Å². The number of benzene rings is 3. The molecule has 1 amide bonds. The van der Waals surface area contributed by atoms with Crippen LogP contribution in [-0.2, 0) is 9.59 Å². The van der Waals surface area contributed by atoms with Crippen molar-refractivity contribution in [1.29, 1.82) is 0 Å². The molecule has 1 fully saturated rings. The lowest BCUT2D eigenvalue weighted by molar-refractivity contribution is -0.132. The van der Waals surface area contributed by atoms with E-state index in [1.807, 2.05) is 0 Å². The Hall–Kier alpha value is -4.13. The van der Waals surface area contributed by atoms with Crippen LogP contribution in [0.2, 0.25) is 0 Å². The van der Waals surface area contributed by atoms with Crippen molar-refractivity contribution in [3.63, 3.8) is 0 Å². The van der Waals surface area contributed by atoms with Crippen LogP contribution in [0.4, 0.5) is 10.1 Å². The molecule has 32 heavy (non-hydrogen) atoms.